The topological polar surface area (TPSA) is 81.6 Å². The molecule has 1 aliphatic rings. The van der Waals surface area contributed by atoms with Gasteiger partial charge in [0, 0.05) is 12.6 Å². The van der Waals surface area contributed by atoms with Crippen LogP contribution in [0, 0.1) is 0 Å². The highest BCUT2D eigenvalue weighted by molar-refractivity contribution is 5.97. The van der Waals surface area contributed by atoms with Gasteiger partial charge in [0.1, 0.15) is 11.5 Å². The smallest absolute Gasteiger partial charge is 0.255 e. The van der Waals surface area contributed by atoms with Gasteiger partial charge in [-0.1, -0.05) is 0 Å². The third-order valence-corrected chi connectivity index (χ3v) is 2.62. The number of phenolic OH excluding ortho intramolecular Hbond substituents is 2. The fourth-order valence-corrected chi connectivity index (χ4v) is 1.75. The van der Waals surface area contributed by atoms with E-state index in [1.54, 1.807) is 0 Å². The van der Waals surface area contributed by atoms with E-state index < -0.39 is 0 Å². The van der Waals surface area contributed by atoms with Crippen molar-refractivity contribution in [1.82, 2.24) is 10.6 Å². The highest BCUT2D eigenvalue weighted by atomic mass is 16.3. The first-order chi connectivity index (χ1) is 7.66. The number of benzene rings is 1. The number of aromatic hydroxyl groups is 2. The maximum Gasteiger partial charge on any atom is 0.255 e. The van der Waals surface area contributed by atoms with E-state index in [2.05, 4.69) is 10.6 Å². The van der Waals surface area contributed by atoms with Gasteiger partial charge in [-0.05, 0) is 31.2 Å². The lowest BCUT2D eigenvalue weighted by atomic mass is 10.1. The fraction of sp³-hybridized carbons (Fsp3) is 0.364. The van der Waals surface area contributed by atoms with E-state index in [0.29, 0.717) is 0 Å². The first-order valence-corrected chi connectivity index (χ1v) is 5.20. The van der Waals surface area contributed by atoms with Gasteiger partial charge in [-0.3, -0.25) is 4.79 Å². The van der Waals surface area contributed by atoms with Gasteiger partial charge < -0.3 is 20.8 Å². The van der Waals surface area contributed by atoms with Crippen LogP contribution in [0.1, 0.15) is 16.8 Å². The lowest BCUT2D eigenvalue weighted by Gasteiger charge is -2.12. The molecule has 1 fully saturated rings. The Bertz CT molecular complexity index is 400. The van der Waals surface area contributed by atoms with Crippen LogP contribution >= 0.6 is 0 Å². The van der Waals surface area contributed by atoms with Gasteiger partial charge in [0.05, 0.1) is 5.56 Å². The summed E-state index contributed by atoms with van der Waals surface area (Å²) in [6, 6.07) is 3.99. The molecule has 1 amide bonds. The SMILES string of the molecule is O=C(N[C@@H]1CCNC1)c1cc(O)ccc1O. The summed E-state index contributed by atoms with van der Waals surface area (Å²) in [7, 11) is 0. The second-order valence-corrected chi connectivity index (χ2v) is 3.86. The molecule has 1 atom stereocenters. The van der Waals surface area contributed by atoms with E-state index in [-0.39, 0.29) is 29.0 Å². The average molecular weight is 222 g/mol. The number of carbonyl (C=O) groups is 1. The zero-order valence-electron chi connectivity index (χ0n) is 8.73. The van der Waals surface area contributed by atoms with Crippen LogP contribution in [0.3, 0.4) is 0 Å². The fourth-order valence-electron chi connectivity index (χ4n) is 1.75. The van der Waals surface area contributed by atoms with Gasteiger partial charge in [0.15, 0.2) is 0 Å². The van der Waals surface area contributed by atoms with Crippen molar-refractivity contribution in [2.45, 2.75) is 12.5 Å². The predicted molar refractivity (Wildman–Crippen MR) is 58.5 cm³/mol. The van der Waals surface area contributed by atoms with Crippen molar-refractivity contribution < 1.29 is 15.0 Å². The second kappa shape index (κ2) is 4.40. The highest BCUT2D eigenvalue weighted by Gasteiger charge is 2.19. The standard InChI is InChI=1S/C11H14N2O3/c14-8-1-2-10(15)9(5-8)11(16)13-7-3-4-12-6-7/h1-2,5,7,12,14-15H,3-4,6H2,(H,13,16)/t7-/m1/s1. The highest BCUT2D eigenvalue weighted by Crippen LogP contribution is 2.22. The van der Waals surface area contributed by atoms with E-state index in [0.717, 1.165) is 19.5 Å². The predicted octanol–water partition coefficient (Wildman–Crippen LogP) is 0.189. The van der Waals surface area contributed by atoms with Crippen LogP contribution in [0.2, 0.25) is 0 Å². The number of phenols is 2. The van der Waals surface area contributed by atoms with E-state index in [1.165, 1.54) is 18.2 Å². The Balaban J connectivity index is 2.10. The molecule has 1 aliphatic heterocycles. The Hall–Kier alpha value is -1.75. The minimum absolute atomic E-state index is 0.0347. The maximum absolute atomic E-state index is 11.8. The molecule has 16 heavy (non-hydrogen) atoms. The van der Waals surface area contributed by atoms with E-state index in [1.807, 2.05) is 0 Å². The molecule has 0 radical (unpaired) electrons. The normalized spacial score (nSPS) is 19.6. The average Bonchev–Trinajstić information content (AvgIpc) is 2.74. The monoisotopic (exact) mass is 222 g/mol. The van der Waals surface area contributed by atoms with Gasteiger partial charge in [-0.25, -0.2) is 0 Å². The maximum atomic E-state index is 11.8. The molecule has 1 heterocycles. The molecule has 0 unspecified atom stereocenters. The van der Waals surface area contributed by atoms with Gasteiger partial charge in [-0.2, -0.15) is 0 Å². The van der Waals surface area contributed by atoms with Gasteiger partial charge >= 0.3 is 0 Å². The summed E-state index contributed by atoms with van der Waals surface area (Å²) < 4.78 is 0. The Morgan fingerprint density at radius 1 is 1.44 bits per heavy atom. The van der Waals surface area contributed by atoms with Crippen LogP contribution in [0.4, 0.5) is 0 Å². The second-order valence-electron chi connectivity index (χ2n) is 3.86. The Labute approximate surface area is 93.1 Å². The van der Waals surface area contributed by atoms with Crippen molar-refractivity contribution in [1.29, 1.82) is 0 Å². The summed E-state index contributed by atoms with van der Waals surface area (Å²) in [6.45, 7) is 1.63. The summed E-state index contributed by atoms with van der Waals surface area (Å²) in [6.07, 6.45) is 0.880. The van der Waals surface area contributed by atoms with Crippen LogP contribution in [-0.2, 0) is 0 Å². The molecular weight excluding hydrogens is 208 g/mol. The molecule has 0 bridgehead atoms. The molecular formula is C11H14N2O3. The first-order valence-electron chi connectivity index (χ1n) is 5.20. The zero-order chi connectivity index (χ0) is 11.5. The number of carbonyl (C=O) groups excluding carboxylic acids is 1. The third-order valence-electron chi connectivity index (χ3n) is 2.62. The Kier molecular flexibility index (Phi) is 2.96. The molecule has 1 saturated heterocycles. The van der Waals surface area contributed by atoms with Crippen molar-refractivity contribution in [3.8, 4) is 11.5 Å². The van der Waals surface area contributed by atoms with Gasteiger partial charge in [0.25, 0.3) is 5.91 Å². The molecule has 0 aliphatic carbocycles. The molecule has 4 N–H and O–H groups in total. The number of hydrogen-bond donors (Lipinski definition) is 4. The number of amides is 1. The molecule has 86 valence electrons. The van der Waals surface area contributed by atoms with Crippen molar-refractivity contribution in [3.05, 3.63) is 23.8 Å². The molecule has 2 rings (SSSR count). The molecule has 1 aromatic carbocycles. The lowest BCUT2D eigenvalue weighted by Crippen LogP contribution is -2.36. The van der Waals surface area contributed by atoms with Crippen molar-refractivity contribution in [2.75, 3.05) is 13.1 Å². The summed E-state index contributed by atoms with van der Waals surface area (Å²) in [4.78, 5) is 11.8. The van der Waals surface area contributed by atoms with E-state index in [9.17, 15) is 15.0 Å². The number of rotatable bonds is 2. The van der Waals surface area contributed by atoms with Crippen LogP contribution in [-0.4, -0.2) is 35.3 Å². The van der Waals surface area contributed by atoms with E-state index in [4.69, 9.17) is 0 Å². The number of hydrogen-bond acceptors (Lipinski definition) is 4. The van der Waals surface area contributed by atoms with Crippen LogP contribution in [0.5, 0.6) is 11.5 Å². The minimum atomic E-state index is -0.359. The summed E-state index contributed by atoms with van der Waals surface area (Å²) in [5, 5.41) is 24.7. The van der Waals surface area contributed by atoms with Crippen LogP contribution in [0.25, 0.3) is 0 Å². The summed E-state index contributed by atoms with van der Waals surface area (Å²) in [5.41, 5.74) is 0.104. The largest absolute Gasteiger partial charge is 0.508 e. The lowest BCUT2D eigenvalue weighted by molar-refractivity contribution is 0.0937. The molecule has 0 spiro atoms. The molecule has 0 saturated carbocycles. The van der Waals surface area contributed by atoms with E-state index >= 15 is 0 Å². The van der Waals surface area contributed by atoms with Gasteiger partial charge in [0.2, 0.25) is 0 Å². The van der Waals surface area contributed by atoms with Crippen molar-refractivity contribution >= 4 is 5.91 Å². The number of nitrogens with one attached hydrogen (secondary N) is 2. The summed E-state index contributed by atoms with van der Waals surface area (Å²) >= 11 is 0. The quantitative estimate of drug-likeness (QED) is 0.538. The summed E-state index contributed by atoms with van der Waals surface area (Å²) in [5.74, 6) is -0.518. The molecule has 5 nitrogen and oxygen atoms in total. The van der Waals surface area contributed by atoms with Crippen LogP contribution < -0.4 is 10.6 Å². The first kappa shape index (κ1) is 10.8. The Morgan fingerprint density at radius 3 is 2.94 bits per heavy atom. The minimum Gasteiger partial charge on any atom is -0.508 e. The zero-order valence-corrected chi connectivity index (χ0v) is 8.73. The van der Waals surface area contributed by atoms with Crippen LogP contribution in [0.15, 0.2) is 18.2 Å². The van der Waals surface area contributed by atoms with Crippen molar-refractivity contribution in [3.63, 3.8) is 0 Å². The molecule has 1 aromatic rings. The third kappa shape index (κ3) is 2.25. The molecule has 5 heteroatoms. The Morgan fingerprint density at radius 2 is 2.25 bits per heavy atom. The van der Waals surface area contributed by atoms with Crippen molar-refractivity contribution in [2.24, 2.45) is 0 Å². The van der Waals surface area contributed by atoms with Gasteiger partial charge in [-0.15, -0.1) is 0 Å². The molecule has 0 aromatic heterocycles.